The molecule has 0 fully saturated rings. The van der Waals surface area contributed by atoms with Gasteiger partial charge < -0.3 is 10.1 Å². The SMILES string of the molecule is C=CCNc1nc(Cl)nc2scc(C(=O)OCC)c12. The van der Waals surface area contributed by atoms with Crippen molar-refractivity contribution in [3.63, 3.8) is 0 Å². The Hall–Kier alpha value is -1.66. The Morgan fingerprint density at radius 1 is 1.63 bits per heavy atom. The Labute approximate surface area is 119 Å². The van der Waals surface area contributed by atoms with Crippen LogP contribution < -0.4 is 5.32 Å². The number of hydrogen-bond acceptors (Lipinski definition) is 6. The lowest BCUT2D eigenvalue weighted by Crippen LogP contribution is -2.07. The van der Waals surface area contributed by atoms with E-state index in [4.69, 9.17) is 16.3 Å². The van der Waals surface area contributed by atoms with E-state index in [1.807, 2.05) is 0 Å². The van der Waals surface area contributed by atoms with E-state index in [2.05, 4.69) is 21.9 Å². The molecule has 1 N–H and O–H groups in total. The van der Waals surface area contributed by atoms with Gasteiger partial charge in [0.1, 0.15) is 10.6 Å². The van der Waals surface area contributed by atoms with Crippen LogP contribution in [0.3, 0.4) is 0 Å². The summed E-state index contributed by atoms with van der Waals surface area (Å²) in [6.45, 7) is 6.22. The predicted octanol–water partition coefficient (Wildman–Crippen LogP) is 3.12. The topological polar surface area (TPSA) is 64.1 Å². The van der Waals surface area contributed by atoms with E-state index in [0.717, 1.165) is 0 Å². The van der Waals surface area contributed by atoms with Gasteiger partial charge in [-0.25, -0.2) is 14.8 Å². The molecule has 100 valence electrons. The fourth-order valence-corrected chi connectivity index (χ4v) is 2.70. The molecule has 2 aromatic heterocycles. The molecule has 0 bridgehead atoms. The number of carbonyl (C=O) groups excluding carboxylic acids is 1. The first kappa shape index (κ1) is 13.8. The van der Waals surface area contributed by atoms with Crippen LogP contribution in [-0.2, 0) is 4.74 Å². The number of fused-ring (bicyclic) bond motifs is 1. The zero-order chi connectivity index (χ0) is 13.8. The van der Waals surface area contributed by atoms with Crippen LogP contribution in [0.25, 0.3) is 10.2 Å². The van der Waals surface area contributed by atoms with E-state index in [1.54, 1.807) is 18.4 Å². The third-order valence-corrected chi connectivity index (χ3v) is 3.36. The fraction of sp³-hybridized carbons (Fsp3) is 0.250. The Morgan fingerprint density at radius 3 is 3.11 bits per heavy atom. The average Bonchev–Trinajstić information content (AvgIpc) is 2.79. The second-order valence-corrected chi connectivity index (χ2v) is 4.76. The second-order valence-electron chi connectivity index (χ2n) is 3.56. The molecule has 0 aliphatic carbocycles. The number of carbonyl (C=O) groups is 1. The van der Waals surface area contributed by atoms with Crippen molar-refractivity contribution in [2.45, 2.75) is 6.92 Å². The highest BCUT2D eigenvalue weighted by Gasteiger charge is 2.19. The highest BCUT2D eigenvalue weighted by molar-refractivity contribution is 7.17. The predicted molar refractivity (Wildman–Crippen MR) is 77.1 cm³/mol. The molecule has 0 saturated carbocycles. The minimum Gasteiger partial charge on any atom is -0.462 e. The second kappa shape index (κ2) is 5.99. The van der Waals surface area contributed by atoms with Gasteiger partial charge in [-0.15, -0.1) is 17.9 Å². The molecule has 7 heteroatoms. The molecular weight excluding hydrogens is 286 g/mol. The van der Waals surface area contributed by atoms with Crippen molar-refractivity contribution in [1.82, 2.24) is 9.97 Å². The molecule has 0 aliphatic heterocycles. The summed E-state index contributed by atoms with van der Waals surface area (Å²) in [7, 11) is 0. The van der Waals surface area contributed by atoms with Crippen molar-refractivity contribution in [2.75, 3.05) is 18.5 Å². The Balaban J connectivity index is 2.54. The molecule has 0 saturated heterocycles. The molecule has 19 heavy (non-hydrogen) atoms. The van der Waals surface area contributed by atoms with Crippen LogP contribution in [0.1, 0.15) is 17.3 Å². The van der Waals surface area contributed by atoms with E-state index in [-0.39, 0.29) is 11.3 Å². The van der Waals surface area contributed by atoms with E-state index in [0.29, 0.717) is 34.7 Å². The highest BCUT2D eigenvalue weighted by atomic mass is 35.5. The third-order valence-electron chi connectivity index (χ3n) is 2.32. The zero-order valence-corrected chi connectivity index (χ0v) is 11.8. The third kappa shape index (κ3) is 2.85. The molecule has 0 aromatic carbocycles. The maximum absolute atomic E-state index is 11.9. The smallest absolute Gasteiger partial charge is 0.339 e. The lowest BCUT2D eigenvalue weighted by Gasteiger charge is -2.06. The molecule has 2 aromatic rings. The fourth-order valence-electron chi connectivity index (χ4n) is 1.57. The Kier molecular flexibility index (Phi) is 4.34. The Morgan fingerprint density at radius 2 is 2.42 bits per heavy atom. The van der Waals surface area contributed by atoms with Crippen LogP contribution >= 0.6 is 22.9 Å². The van der Waals surface area contributed by atoms with Crippen LogP contribution in [0.15, 0.2) is 18.0 Å². The molecule has 0 unspecified atom stereocenters. The summed E-state index contributed by atoms with van der Waals surface area (Å²) in [4.78, 5) is 20.7. The number of ether oxygens (including phenoxy) is 1. The number of nitrogens with zero attached hydrogens (tertiary/aromatic N) is 2. The first-order valence-electron chi connectivity index (χ1n) is 5.64. The maximum atomic E-state index is 11.9. The number of halogens is 1. The van der Waals surface area contributed by atoms with Gasteiger partial charge in [0.2, 0.25) is 5.28 Å². The van der Waals surface area contributed by atoms with Crippen LogP contribution in [0.4, 0.5) is 5.82 Å². The number of rotatable bonds is 5. The molecule has 0 radical (unpaired) electrons. The van der Waals surface area contributed by atoms with Crippen LogP contribution in [0.2, 0.25) is 5.28 Å². The number of esters is 1. The number of hydrogen-bond donors (Lipinski definition) is 1. The van der Waals surface area contributed by atoms with Crippen molar-refractivity contribution in [2.24, 2.45) is 0 Å². The average molecular weight is 298 g/mol. The van der Waals surface area contributed by atoms with Crippen molar-refractivity contribution in [3.05, 3.63) is 28.9 Å². The zero-order valence-electron chi connectivity index (χ0n) is 10.3. The maximum Gasteiger partial charge on any atom is 0.339 e. The first-order chi connectivity index (χ1) is 9.17. The van der Waals surface area contributed by atoms with E-state index < -0.39 is 0 Å². The standard InChI is InChI=1S/C12H12ClN3O2S/c1-3-5-14-9-8-7(11(17)18-4-2)6-19-10(8)16-12(13)15-9/h3,6H,1,4-5H2,2H3,(H,14,15,16). The van der Waals surface area contributed by atoms with Gasteiger partial charge in [0, 0.05) is 11.9 Å². The van der Waals surface area contributed by atoms with Gasteiger partial charge in [0.25, 0.3) is 0 Å². The normalized spacial score (nSPS) is 10.4. The molecule has 5 nitrogen and oxygen atoms in total. The van der Waals surface area contributed by atoms with E-state index in [1.165, 1.54) is 11.3 Å². The van der Waals surface area contributed by atoms with Gasteiger partial charge in [-0.1, -0.05) is 6.08 Å². The van der Waals surface area contributed by atoms with Crippen molar-refractivity contribution >= 4 is 44.9 Å². The summed E-state index contributed by atoms with van der Waals surface area (Å²) in [5.74, 6) is 0.125. The number of nitrogens with one attached hydrogen (secondary N) is 1. The number of thiophene rings is 1. The van der Waals surface area contributed by atoms with Gasteiger partial charge in [0.05, 0.1) is 17.6 Å². The molecule has 2 rings (SSSR count). The summed E-state index contributed by atoms with van der Waals surface area (Å²) in [6.07, 6.45) is 1.69. The lowest BCUT2D eigenvalue weighted by molar-refractivity contribution is 0.0529. The van der Waals surface area contributed by atoms with Crippen molar-refractivity contribution in [3.8, 4) is 0 Å². The molecule has 0 amide bonds. The van der Waals surface area contributed by atoms with E-state index in [9.17, 15) is 4.79 Å². The summed E-state index contributed by atoms with van der Waals surface area (Å²) in [5.41, 5.74) is 0.449. The van der Waals surface area contributed by atoms with Gasteiger partial charge in [-0.2, -0.15) is 0 Å². The van der Waals surface area contributed by atoms with Gasteiger partial charge in [-0.3, -0.25) is 0 Å². The van der Waals surface area contributed by atoms with Gasteiger partial charge >= 0.3 is 5.97 Å². The van der Waals surface area contributed by atoms with Crippen molar-refractivity contribution in [1.29, 1.82) is 0 Å². The molecular formula is C12H12ClN3O2S. The van der Waals surface area contributed by atoms with Crippen LogP contribution in [-0.4, -0.2) is 29.1 Å². The summed E-state index contributed by atoms with van der Waals surface area (Å²) < 4.78 is 5.02. The summed E-state index contributed by atoms with van der Waals surface area (Å²) in [5, 5.41) is 5.52. The monoisotopic (exact) mass is 297 g/mol. The first-order valence-corrected chi connectivity index (χ1v) is 6.89. The highest BCUT2D eigenvalue weighted by Crippen LogP contribution is 2.31. The minimum atomic E-state index is -0.388. The number of aromatic nitrogens is 2. The quantitative estimate of drug-likeness (QED) is 0.522. The lowest BCUT2D eigenvalue weighted by atomic mass is 10.2. The largest absolute Gasteiger partial charge is 0.462 e. The molecule has 0 spiro atoms. The van der Waals surface area contributed by atoms with Crippen LogP contribution in [0, 0.1) is 0 Å². The molecule has 0 aliphatic rings. The Bertz CT molecular complexity index is 627. The summed E-state index contributed by atoms with van der Waals surface area (Å²) in [6, 6.07) is 0. The molecule has 0 atom stereocenters. The summed E-state index contributed by atoms with van der Waals surface area (Å²) >= 11 is 7.18. The van der Waals surface area contributed by atoms with E-state index >= 15 is 0 Å². The van der Waals surface area contributed by atoms with Gasteiger partial charge in [-0.05, 0) is 18.5 Å². The molecule has 2 heterocycles. The van der Waals surface area contributed by atoms with Crippen LogP contribution in [0.5, 0.6) is 0 Å². The van der Waals surface area contributed by atoms with Crippen molar-refractivity contribution < 1.29 is 9.53 Å². The number of anilines is 1. The van der Waals surface area contributed by atoms with Gasteiger partial charge in [0.15, 0.2) is 0 Å². The minimum absolute atomic E-state index is 0.135.